The lowest BCUT2D eigenvalue weighted by atomic mass is 9.93. The van der Waals surface area contributed by atoms with Crippen LogP contribution in [0.25, 0.3) is 0 Å². The SMILES string of the molecule is CN(C)CC(CO)(NC1CC1)C1CC1. The number of hydrogen-bond acceptors (Lipinski definition) is 3. The molecule has 2 fully saturated rings. The number of aliphatic hydroxyl groups excluding tert-OH is 1. The van der Waals surface area contributed by atoms with E-state index in [9.17, 15) is 5.11 Å². The van der Waals surface area contributed by atoms with Crippen molar-refractivity contribution < 1.29 is 5.11 Å². The maximum atomic E-state index is 9.62. The van der Waals surface area contributed by atoms with Crippen molar-refractivity contribution in [2.24, 2.45) is 5.92 Å². The van der Waals surface area contributed by atoms with Crippen LogP contribution in [0.1, 0.15) is 25.7 Å². The summed E-state index contributed by atoms with van der Waals surface area (Å²) in [6.45, 7) is 1.25. The highest BCUT2D eigenvalue weighted by Gasteiger charge is 2.47. The number of hydrogen-bond donors (Lipinski definition) is 2. The highest BCUT2D eigenvalue weighted by atomic mass is 16.3. The molecule has 3 heteroatoms. The fourth-order valence-corrected chi connectivity index (χ4v) is 2.35. The average Bonchev–Trinajstić information content (AvgIpc) is 2.96. The number of rotatable bonds is 6. The van der Waals surface area contributed by atoms with E-state index < -0.39 is 0 Å². The molecule has 0 saturated heterocycles. The van der Waals surface area contributed by atoms with Gasteiger partial charge in [-0.15, -0.1) is 0 Å². The predicted molar refractivity (Wildman–Crippen MR) is 57.3 cm³/mol. The number of likely N-dealkylation sites (N-methyl/N-ethyl adjacent to an activating group) is 1. The fourth-order valence-electron chi connectivity index (χ4n) is 2.35. The second-order valence-electron chi connectivity index (χ2n) is 5.24. The second-order valence-corrected chi connectivity index (χ2v) is 5.24. The summed E-state index contributed by atoms with van der Waals surface area (Å²) < 4.78 is 0. The molecule has 2 rings (SSSR count). The predicted octanol–water partition coefficient (Wildman–Crippen LogP) is 0.441. The van der Waals surface area contributed by atoms with E-state index in [1.54, 1.807) is 0 Å². The molecule has 3 nitrogen and oxygen atoms in total. The highest BCUT2D eigenvalue weighted by Crippen LogP contribution is 2.41. The van der Waals surface area contributed by atoms with Gasteiger partial charge >= 0.3 is 0 Å². The smallest absolute Gasteiger partial charge is 0.0628 e. The van der Waals surface area contributed by atoms with E-state index in [-0.39, 0.29) is 12.1 Å². The first-order valence-electron chi connectivity index (χ1n) is 5.69. The number of aliphatic hydroxyl groups is 1. The van der Waals surface area contributed by atoms with E-state index in [1.807, 2.05) is 0 Å². The molecular weight excluding hydrogens is 176 g/mol. The fraction of sp³-hybridized carbons (Fsp3) is 1.00. The Hall–Kier alpha value is -0.120. The van der Waals surface area contributed by atoms with Gasteiger partial charge in [0, 0.05) is 12.6 Å². The maximum absolute atomic E-state index is 9.62. The zero-order valence-electron chi connectivity index (χ0n) is 9.29. The summed E-state index contributed by atoms with van der Waals surface area (Å²) in [5.74, 6) is 0.704. The Labute approximate surface area is 86.5 Å². The molecule has 0 aromatic heterocycles. The molecular formula is C11H22N2O. The summed E-state index contributed by atoms with van der Waals surface area (Å²) in [6.07, 6.45) is 5.16. The van der Waals surface area contributed by atoms with Gasteiger partial charge in [0.1, 0.15) is 0 Å². The summed E-state index contributed by atoms with van der Waals surface area (Å²) in [6, 6.07) is 0.683. The zero-order chi connectivity index (χ0) is 10.2. The Balaban J connectivity index is 1.98. The van der Waals surface area contributed by atoms with Crippen LogP contribution in [0.3, 0.4) is 0 Å². The molecule has 2 saturated carbocycles. The van der Waals surface area contributed by atoms with Crippen molar-refractivity contribution in [1.29, 1.82) is 0 Å². The van der Waals surface area contributed by atoms with Gasteiger partial charge in [0.05, 0.1) is 12.1 Å². The molecule has 82 valence electrons. The lowest BCUT2D eigenvalue weighted by molar-refractivity contribution is 0.107. The minimum atomic E-state index is -0.00926. The van der Waals surface area contributed by atoms with Gasteiger partial charge in [-0.25, -0.2) is 0 Å². The van der Waals surface area contributed by atoms with E-state index >= 15 is 0 Å². The molecule has 14 heavy (non-hydrogen) atoms. The highest BCUT2D eigenvalue weighted by molar-refractivity contribution is 5.05. The largest absolute Gasteiger partial charge is 0.394 e. The third-order valence-electron chi connectivity index (χ3n) is 3.31. The Morgan fingerprint density at radius 2 is 1.93 bits per heavy atom. The first kappa shape index (κ1) is 10.4. The van der Waals surface area contributed by atoms with Crippen molar-refractivity contribution in [2.45, 2.75) is 37.3 Å². The molecule has 2 aliphatic rings. The van der Waals surface area contributed by atoms with Crippen LogP contribution < -0.4 is 5.32 Å². The van der Waals surface area contributed by atoms with Crippen LogP contribution >= 0.6 is 0 Å². The Bertz CT molecular complexity index is 193. The first-order chi connectivity index (χ1) is 6.66. The third-order valence-corrected chi connectivity index (χ3v) is 3.31. The summed E-state index contributed by atoms with van der Waals surface area (Å²) in [5.41, 5.74) is -0.00926. The van der Waals surface area contributed by atoms with Crippen LogP contribution in [0, 0.1) is 5.92 Å². The van der Waals surface area contributed by atoms with Crippen molar-refractivity contribution >= 4 is 0 Å². The molecule has 1 unspecified atom stereocenters. The molecule has 2 N–H and O–H groups in total. The summed E-state index contributed by atoms with van der Waals surface area (Å²) in [4.78, 5) is 2.18. The number of nitrogens with zero attached hydrogens (tertiary/aromatic N) is 1. The lowest BCUT2D eigenvalue weighted by Crippen LogP contribution is -2.57. The van der Waals surface area contributed by atoms with Gasteiger partial charge in [-0.05, 0) is 45.7 Å². The molecule has 0 aromatic rings. The Morgan fingerprint density at radius 3 is 2.29 bits per heavy atom. The molecule has 0 aromatic carbocycles. The van der Waals surface area contributed by atoms with Crippen LogP contribution in [0.4, 0.5) is 0 Å². The Morgan fingerprint density at radius 1 is 1.29 bits per heavy atom. The van der Waals surface area contributed by atoms with Crippen molar-refractivity contribution in [3.05, 3.63) is 0 Å². The van der Waals surface area contributed by atoms with Gasteiger partial charge in [-0.1, -0.05) is 0 Å². The standard InChI is InChI=1S/C11H22N2O/c1-13(2)7-11(8-14,9-3-4-9)12-10-5-6-10/h9-10,12,14H,3-8H2,1-2H3. The quantitative estimate of drug-likeness (QED) is 0.650. The maximum Gasteiger partial charge on any atom is 0.0628 e. The van der Waals surface area contributed by atoms with E-state index in [2.05, 4.69) is 24.3 Å². The second kappa shape index (κ2) is 3.80. The minimum absolute atomic E-state index is 0.00926. The van der Waals surface area contributed by atoms with E-state index in [0.29, 0.717) is 12.0 Å². The number of nitrogens with one attached hydrogen (secondary N) is 1. The monoisotopic (exact) mass is 198 g/mol. The zero-order valence-corrected chi connectivity index (χ0v) is 9.29. The topological polar surface area (TPSA) is 35.5 Å². The minimum Gasteiger partial charge on any atom is -0.394 e. The molecule has 1 atom stereocenters. The third kappa shape index (κ3) is 2.27. The van der Waals surface area contributed by atoms with Crippen LogP contribution in [0.5, 0.6) is 0 Å². The molecule has 0 bridgehead atoms. The first-order valence-corrected chi connectivity index (χ1v) is 5.69. The van der Waals surface area contributed by atoms with E-state index in [0.717, 1.165) is 6.54 Å². The van der Waals surface area contributed by atoms with Gasteiger partial charge in [-0.3, -0.25) is 0 Å². The van der Waals surface area contributed by atoms with E-state index in [4.69, 9.17) is 0 Å². The lowest BCUT2D eigenvalue weighted by Gasteiger charge is -2.36. The summed E-state index contributed by atoms with van der Waals surface area (Å²) in [5, 5.41) is 13.3. The van der Waals surface area contributed by atoms with Crippen molar-refractivity contribution in [2.75, 3.05) is 27.2 Å². The van der Waals surface area contributed by atoms with Gasteiger partial charge in [-0.2, -0.15) is 0 Å². The molecule has 0 radical (unpaired) electrons. The molecule has 0 spiro atoms. The molecule has 0 heterocycles. The van der Waals surface area contributed by atoms with Crippen molar-refractivity contribution in [1.82, 2.24) is 10.2 Å². The normalized spacial score (nSPS) is 26.6. The van der Waals surface area contributed by atoms with E-state index in [1.165, 1.54) is 25.7 Å². The van der Waals surface area contributed by atoms with Gasteiger partial charge in [0.15, 0.2) is 0 Å². The summed E-state index contributed by atoms with van der Waals surface area (Å²) in [7, 11) is 4.17. The summed E-state index contributed by atoms with van der Waals surface area (Å²) >= 11 is 0. The van der Waals surface area contributed by atoms with Crippen molar-refractivity contribution in [3.63, 3.8) is 0 Å². The van der Waals surface area contributed by atoms with Crippen LogP contribution in [-0.2, 0) is 0 Å². The molecule has 2 aliphatic carbocycles. The van der Waals surface area contributed by atoms with Gasteiger partial charge in [0.25, 0.3) is 0 Å². The van der Waals surface area contributed by atoms with Crippen LogP contribution in [0.2, 0.25) is 0 Å². The molecule has 0 amide bonds. The van der Waals surface area contributed by atoms with Crippen molar-refractivity contribution in [3.8, 4) is 0 Å². The van der Waals surface area contributed by atoms with Gasteiger partial charge < -0.3 is 15.3 Å². The molecule has 0 aliphatic heterocycles. The van der Waals surface area contributed by atoms with Gasteiger partial charge in [0.2, 0.25) is 0 Å². The van der Waals surface area contributed by atoms with Crippen LogP contribution in [0.15, 0.2) is 0 Å². The van der Waals surface area contributed by atoms with Crippen LogP contribution in [-0.4, -0.2) is 48.8 Å². The Kier molecular flexibility index (Phi) is 2.82. The average molecular weight is 198 g/mol.